The van der Waals surface area contributed by atoms with Crippen LogP contribution in [0, 0.1) is 0 Å². The zero-order valence-corrected chi connectivity index (χ0v) is 13.0. The molecule has 0 radical (unpaired) electrons. The van der Waals surface area contributed by atoms with Gasteiger partial charge in [0.05, 0.1) is 13.0 Å². The first-order valence-corrected chi connectivity index (χ1v) is 6.97. The van der Waals surface area contributed by atoms with Crippen LogP contribution in [0.5, 0.6) is 0 Å². The molecular weight excluding hydrogens is 244 g/mol. The van der Waals surface area contributed by atoms with Gasteiger partial charge in [0.15, 0.2) is 0 Å². The molecule has 0 aromatic carbocycles. The van der Waals surface area contributed by atoms with E-state index in [9.17, 15) is 9.59 Å². The normalized spacial score (nSPS) is 13.1. The number of hydrogen-bond donors (Lipinski definition) is 1. The predicted octanol–water partition coefficient (Wildman–Crippen LogP) is 1.82. The van der Waals surface area contributed by atoms with E-state index in [1.165, 1.54) is 0 Å². The van der Waals surface area contributed by atoms with Gasteiger partial charge in [-0.1, -0.05) is 6.92 Å². The van der Waals surface area contributed by atoms with Gasteiger partial charge in [-0.3, -0.25) is 14.5 Å². The Morgan fingerprint density at radius 3 is 1.84 bits per heavy atom. The first-order valence-electron chi connectivity index (χ1n) is 6.97. The SMILES string of the molecule is CCN(CC(=O)N(C(C)C)C(C)C)C(C)CC(=O)O. The minimum absolute atomic E-state index is 0.0593. The number of nitrogens with zero attached hydrogens (tertiary/aromatic N) is 2. The Hall–Kier alpha value is -1.10. The molecule has 0 heterocycles. The van der Waals surface area contributed by atoms with E-state index in [4.69, 9.17) is 5.11 Å². The molecule has 1 N–H and O–H groups in total. The van der Waals surface area contributed by atoms with E-state index in [1.807, 2.05) is 51.3 Å². The summed E-state index contributed by atoms with van der Waals surface area (Å²) in [7, 11) is 0. The first kappa shape index (κ1) is 17.9. The molecule has 112 valence electrons. The smallest absolute Gasteiger partial charge is 0.304 e. The number of carbonyl (C=O) groups is 2. The monoisotopic (exact) mass is 272 g/mol. The number of carbonyl (C=O) groups excluding carboxylic acids is 1. The van der Waals surface area contributed by atoms with Gasteiger partial charge in [-0.2, -0.15) is 0 Å². The lowest BCUT2D eigenvalue weighted by atomic mass is 10.2. The first-order chi connectivity index (χ1) is 8.70. The zero-order chi connectivity index (χ0) is 15.2. The molecule has 1 unspecified atom stereocenters. The van der Waals surface area contributed by atoms with Crippen LogP contribution in [-0.2, 0) is 9.59 Å². The second kappa shape index (κ2) is 8.15. The quantitative estimate of drug-likeness (QED) is 0.732. The number of hydrogen-bond acceptors (Lipinski definition) is 3. The Morgan fingerprint density at radius 2 is 1.53 bits per heavy atom. The number of rotatable bonds is 8. The Labute approximate surface area is 116 Å². The second-order valence-corrected chi connectivity index (χ2v) is 5.50. The van der Waals surface area contributed by atoms with E-state index in [0.717, 1.165) is 0 Å². The lowest BCUT2D eigenvalue weighted by molar-refractivity contribution is -0.141. The molecule has 0 bridgehead atoms. The summed E-state index contributed by atoms with van der Waals surface area (Å²) < 4.78 is 0. The maximum Gasteiger partial charge on any atom is 0.304 e. The molecule has 0 spiro atoms. The number of likely N-dealkylation sites (N-methyl/N-ethyl adjacent to an activating group) is 1. The summed E-state index contributed by atoms with van der Waals surface area (Å²) in [5, 5.41) is 8.83. The lowest BCUT2D eigenvalue weighted by Gasteiger charge is -2.34. The molecule has 5 heteroatoms. The van der Waals surface area contributed by atoms with E-state index >= 15 is 0 Å². The molecule has 0 fully saturated rings. The molecule has 0 aromatic rings. The molecule has 0 aromatic heterocycles. The summed E-state index contributed by atoms with van der Waals surface area (Å²) in [4.78, 5) is 26.8. The zero-order valence-electron chi connectivity index (χ0n) is 13.0. The number of carboxylic acid groups (broad SMARTS) is 1. The summed E-state index contributed by atoms with van der Waals surface area (Å²) in [6.07, 6.45) is 0.0600. The fourth-order valence-electron chi connectivity index (χ4n) is 2.39. The van der Waals surface area contributed by atoms with Crippen molar-refractivity contribution >= 4 is 11.9 Å². The molecule has 1 atom stereocenters. The van der Waals surface area contributed by atoms with Gasteiger partial charge in [-0.25, -0.2) is 0 Å². The third-order valence-electron chi connectivity index (χ3n) is 3.24. The maximum absolute atomic E-state index is 12.3. The van der Waals surface area contributed by atoms with Gasteiger partial charge in [-0.05, 0) is 41.2 Å². The topological polar surface area (TPSA) is 60.9 Å². The van der Waals surface area contributed by atoms with Gasteiger partial charge < -0.3 is 10.0 Å². The van der Waals surface area contributed by atoms with Gasteiger partial charge in [0.1, 0.15) is 0 Å². The van der Waals surface area contributed by atoms with Crippen molar-refractivity contribution in [1.82, 2.24) is 9.80 Å². The Balaban J connectivity index is 4.68. The number of carboxylic acids is 1. The molecular formula is C14H28N2O3. The summed E-state index contributed by atoms with van der Waals surface area (Å²) >= 11 is 0. The van der Waals surface area contributed by atoms with Crippen LogP contribution in [-0.4, -0.2) is 58.0 Å². The van der Waals surface area contributed by atoms with Crippen LogP contribution >= 0.6 is 0 Å². The van der Waals surface area contributed by atoms with Crippen LogP contribution in [0.4, 0.5) is 0 Å². The molecule has 0 aliphatic carbocycles. The Bertz CT molecular complexity index is 295. The Kier molecular flexibility index (Phi) is 7.68. The highest BCUT2D eigenvalue weighted by Crippen LogP contribution is 2.09. The van der Waals surface area contributed by atoms with E-state index in [1.54, 1.807) is 0 Å². The largest absolute Gasteiger partial charge is 0.481 e. The van der Waals surface area contributed by atoms with Gasteiger partial charge in [-0.15, -0.1) is 0 Å². The predicted molar refractivity (Wildman–Crippen MR) is 76.1 cm³/mol. The van der Waals surface area contributed by atoms with Crippen LogP contribution in [0.15, 0.2) is 0 Å². The van der Waals surface area contributed by atoms with E-state index in [0.29, 0.717) is 6.54 Å². The average Bonchev–Trinajstić information content (AvgIpc) is 2.23. The van der Waals surface area contributed by atoms with Crippen molar-refractivity contribution in [1.29, 1.82) is 0 Å². The molecule has 19 heavy (non-hydrogen) atoms. The van der Waals surface area contributed by atoms with Crippen molar-refractivity contribution < 1.29 is 14.7 Å². The third kappa shape index (κ3) is 6.05. The van der Waals surface area contributed by atoms with Gasteiger partial charge in [0.25, 0.3) is 0 Å². The number of aliphatic carboxylic acids is 1. The highest BCUT2D eigenvalue weighted by atomic mass is 16.4. The summed E-state index contributed by atoms with van der Waals surface area (Å²) in [6, 6.07) is 0.176. The number of amides is 1. The fraction of sp³-hybridized carbons (Fsp3) is 0.857. The van der Waals surface area contributed by atoms with E-state index in [-0.39, 0.29) is 37.0 Å². The molecule has 1 amide bonds. The highest BCUT2D eigenvalue weighted by Gasteiger charge is 2.24. The van der Waals surface area contributed by atoms with Crippen LogP contribution in [0.2, 0.25) is 0 Å². The fourth-order valence-corrected chi connectivity index (χ4v) is 2.39. The summed E-state index contributed by atoms with van der Waals surface area (Å²) in [5.74, 6) is -0.771. The van der Waals surface area contributed by atoms with Crippen molar-refractivity contribution in [2.45, 2.75) is 66.1 Å². The second-order valence-electron chi connectivity index (χ2n) is 5.50. The van der Waals surface area contributed by atoms with Crippen LogP contribution in [0.3, 0.4) is 0 Å². The highest BCUT2D eigenvalue weighted by molar-refractivity contribution is 5.79. The van der Waals surface area contributed by atoms with Crippen molar-refractivity contribution in [3.05, 3.63) is 0 Å². The maximum atomic E-state index is 12.3. The van der Waals surface area contributed by atoms with Gasteiger partial charge in [0.2, 0.25) is 5.91 Å². The van der Waals surface area contributed by atoms with E-state index < -0.39 is 5.97 Å². The van der Waals surface area contributed by atoms with Crippen molar-refractivity contribution in [2.24, 2.45) is 0 Å². The minimum atomic E-state index is -0.831. The molecule has 0 saturated heterocycles. The van der Waals surface area contributed by atoms with Crippen LogP contribution in [0.1, 0.15) is 48.0 Å². The Morgan fingerprint density at radius 1 is 1.05 bits per heavy atom. The molecule has 5 nitrogen and oxygen atoms in total. The molecule has 0 rings (SSSR count). The molecule has 0 aliphatic rings. The van der Waals surface area contributed by atoms with Gasteiger partial charge in [0, 0.05) is 18.1 Å². The van der Waals surface area contributed by atoms with Crippen molar-refractivity contribution in [2.75, 3.05) is 13.1 Å². The van der Waals surface area contributed by atoms with Gasteiger partial charge >= 0.3 is 5.97 Å². The molecule has 0 aliphatic heterocycles. The average molecular weight is 272 g/mol. The van der Waals surface area contributed by atoms with Crippen molar-refractivity contribution in [3.63, 3.8) is 0 Å². The third-order valence-corrected chi connectivity index (χ3v) is 3.24. The van der Waals surface area contributed by atoms with Crippen LogP contribution < -0.4 is 0 Å². The summed E-state index contributed by atoms with van der Waals surface area (Å²) in [6.45, 7) is 12.7. The summed E-state index contributed by atoms with van der Waals surface area (Å²) in [5.41, 5.74) is 0. The van der Waals surface area contributed by atoms with Crippen LogP contribution in [0.25, 0.3) is 0 Å². The minimum Gasteiger partial charge on any atom is -0.481 e. The standard InChI is InChI=1S/C14H28N2O3/c1-7-15(12(6)8-14(18)19)9-13(17)16(10(2)3)11(4)5/h10-12H,7-9H2,1-6H3,(H,18,19). The van der Waals surface area contributed by atoms with E-state index in [2.05, 4.69) is 0 Å². The van der Waals surface area contributed by atoms with Crippen molar-refractivity contribution in [3.8, 4) is 0 Å². The lowest BCUT2D eigenvalue weighted by Crippen LogP contribution is -2.49. The molecule has 0 saturated carbocycles.